The first-order chi connectivity index (χ1) is 15.1. The van der Waals surface area contributed by atoms with Crippen LogP contribution in [-0.2, 0) is 10.9 Å². The second kappa shape index (κ2) is 8.01. The van der Waals surface area contributed by atoms with Crippen molar-refractivity contribution < 1.29 is 27.1 Å². The zero-order chi connectivity index (χ0) is 23.2. The van der Waals surface area contributed by atoms with Gasteiger partial charge in [0.2, 0.25) is 0 Å². The van der Waals surface area contributed by atoms with E-state index in [4.69, 9.17) is 4.74 Å². The molecule has 0 unspecified atom stereocenters. The molecule has 1 aliphatic rings. The number of hydrogen-bond acceptors (Lipinski definition) is 4. The smallest absolute Gasteiger partial charge is 0.380 e. The fourth-order valence-electron chi connectivity index (χ4n) is 3.88. The monoisotopic (exact) mass is 449 g/mol. The van der Waals surface area contributed by atoms with Gasteiger partial charge in [0.25, 0.3) is 11.5 Å². The number of rotatable bonds is 3. The molecular weight excluding hydrogens is 430 g/mol. The van der Waals surface area contributed by atoms with E-state index in [-0.39, 0.29) is 28.4 Å². The highest BCUT2D eigenvalue weighted by Crippen LogP contribution is 2.32. The molecule has 1 saturated heterocycles. The Kier molecular flexibility index (Phi) is 5.49. The number of hydrogen-bond donors (Lipinski definition) is 0. The van der Waals surface area contributed by atoms with E-state index in [1.165, 1.54) is 35.4 Å². The van der Waals surface area contributed by atoms with Gasteiger partial charge in [-0.25, -0.2) is 9.37 Å². The highest BCUT2D eigenvalue weighted by molar-refractivity contribution is 5.95. The number of halogens is 4. The summed E-state index contributed by atoms with van der Waals surface area (Å²) in [4.78, 5) is 30.3. The quantitative estimate of drug-likeness (QED) is 0.573. The van der Waals surface area contributed by atoms with Gasteiger partial charge < -0.3 is 9.64 Å². The molecular formula is C22H19F4N3O3. The van der Waals surface area contributed by atoms with Gasteiger partial charge in [0.15, 0.2) is 5.69 Å². The molecule has 0 saturated carbocycles. The summed E-state index contributed by atoms with van der Waals surface area (Å²) < 4.78 is 61.2. The van der Waals surface area contributed by atoms with Crippen molar-refractivity contribution in [2.24, 2.45) is 0 Å². The van der Waals surface area contributed by atoms with Crippen molar-refractivity contribution in [2.75, 3.05) is 20.2 Å². The van der Waals surface area contributed by atoms with Gasteiger partial charge in [-0.3, -0.25) is 14.0 Å². The minimum absolute atomic E-state index is 0.104. The molecule has 1 fully saturated rings. The summed E-state index contributed by atoms with van der Waals surface area (Å²) in [6.07, 6.45) is -2.97. The third-order valence-electron chi connectivity index (χ3n) is 5.62. The molecule has 1 aromatic carbocycles. The first-order valence-electron chi connectivity index (χ1n) is 9.83. The zero-order valence-corrected chi connectivity index (χ0v) is 17.2. The lowest BCUT2D eigenvalue weighted by molar-refractivity contribution is -0.141. The summed E-state index contributed by atoms with van der Waals surface area (Å²) >= 11 is 0. The van der Waals surface area contributed by atoms with Gasteiger partial charge in [-0.05, 0) is 43.2 Å². The molecule has 10 heteroatoms. The zero-order valence-electron chi connectivity index (χ0n) is 17.2. The third kappa shape index (κ3) is 3.75. The average Bonchev–Trinajstić information content (AvgIpc) is 3.24. The molecule has 4 rings (SSSR count). The fourth-order valence-corrected chi connectivity index (χ4v) is 3.88. The summed E-state index contributed by atoms with van der Waals surface area (Å²) in [5.74, 6) is -1.31. The first kappa shape index (κ1) is 21.9. The molecule has 6 nitrogen and oxygen atoms in total. The van der Waals surface area contributed by atoms with Crippen LogP contribution in [0.2, 0.25) is 0 Å². The molecule has 1 amide bonds. The lowest BCUT2D eigenvalue weighted by Crippen LogP contribution is -2.30. The number of fused-ring (bicyclic) bond motifs is 1. The van der Waals surface area contributed by atoms with Gasteiger partial charge in [0.05, 0.1) is 11.7 Å². The molecule has 0 aliphatic carbocycles. The SMILES string of the molecule is CO[C@@H]1CCN(C(=O)c2ccc(-c3cccn4c(=O)c(C)c(C(F)(F)F)nc34)cc2F)C1. The van der Waals surface area contributed by atoms with Crippen LogP contribution in [0.15, 0.2) is 41.3 Å². The number of methoxy groups -OCH3 is 1. The van der Waals surface area contributed by atoms with Gasteiger partial charge in [0.1, 0.15) is 11.5 Å². The molecule has 1 atom stereocenters. The van der Waals surface area contributed by atoms with Crippen molar-refractivity contribution in [2.45, 2.75) is 25.6 Å². The highest BCUT2D eigenvalue weighted by Gasteiger charge is 2.36. The van der Waals surface area contributed by atoms with E-state index in [9.17, 15) is 27.2 Å². The number of carbonyl (C=O) groups excluding carboxylic acids is 1. The highest BCUT2D eigenvalue weighted by atomic mass is 19.4. The third-order valence-corrected chi connectivity index (χ3v) is 5.62. The predicted molar refractivity (Wildman–Crippen MR) is 108 cm³/mol. The van der Waals surface area contributed by atoms with Crippen LogP contribution >= 0.6 is 0 Å². The van der Waals surface area contributed by atoms with Crippen LogP contribution < -0.4 is 5.56 Å². The Labute approximate surface area is 180 Å². The van der Waals surface area contributed by atoms with Crippen molar-refractivity contribution in [3.05, 3.63) is 69.5 Å². The lowest BCUT2D eigenvalue weighted by atomic mass is 10.0. The predicted octanol–water partition coefficient (Wildman–Crippen LogP) is 3.69. The normalized spacial score (nSPS) is 16.7. The minimum atomic E-state index is -4.82. The maximum atomic E-state index is 14.9. The van der Waals surface area contributed by atoms with E-state index in [2.05, 4.69) is 4.98 Å². The molecule has 32 heavy (non-hydrogen) atoms. The Morgan fingerprint density at radius 2 is 2.00 bits per heavy atom. The molecule has 168 valence electrons. The van der Waals surface area contributed by atoms with Crippen molar-refractivity contribution in [3.63, 3.8) is 0 Å². The standard InChI is InChI=1S/C22H19F4N3O3/c1-12-18(22(24,25)26)27-19-15(4-3-8-29(19)20(12)30)13-5-6-16(17(23)10-13)21(31)28-9-7-14(11-28)32-2/h3-6,8,10,14H,7,9,11H2,1-2H3/t14-/m1/s1. The number of benzene rings is 1. The number of nitrogens with zero attached hydrogens (tertiary/aromatic N) is 3. The van der Waals surface area contributed by atoms with Gasteiger partial charge in [0, 0.05) is 37.5 Å². The maximum Gasteiger partial charge on any atom is 0.433 e. The van der Waals surface area contributed by atoms with Crippen molar-refractivity contribution in [3.8, 4) is 11.1 Å². The fraction of sp³-hybridized carbons (Fsp3) is 0.318. The molecule has 3 aromatic rings. The van der Waals surface area contributed by atoms with E-state index in [0.29, 0.717) is 19.5 Å². The van der Waals surface area contributed by atoms with E-state index in [0.717, 1.165) is 17.4 Å². The summed E-state index contributed by atoms with van der Waals surface area (Å²) in [5, 5.41) is 0. The van der Waals surface area contributed by atoms with Crippen molar-refractivity contribution >= 4 is 11.6 Å². The number of pyridine rings is 1. The number of aromatic nitrogens is 2. The van der Waals surface area contributed by atoms with Crippen LogP contribution in [0.3, 0.4) is 0 Å². The Balaban J connectivity index is 1.78. The largest absolute Gasteiger partial charge is 0.433 e. The average molecular weight is 449 g/mol. The number of carbonyl (C=O) groups is 1. The molecule has 0 N–H and O–H groups in total. The van der Waals surface area contributed by atoms with Gasteiger partial charge in [-0.2, -0.15) is 13.2 Å². The van der Waals surface area contributed by atoms with Crippen LogP contribution in [0.1, 0.15) is 28.0 Å². The molecule has 0 bridgehead atoms. The number of ether oxygens (including phenoxy) is 1. The summed E-state index contributed by atoms with van der Waals surface area (Å²) in [5.41, 5.74) is -2.76. The van der Waals surface area contributed by atoms with Crippen molar-refractivity contribution in [1.82, 2.24) is 14.3 Å². The Bertz CT molecular complexity index is 1270. The van der Waals surface area contributed by atoms with E-state index < -0.39 is 34.7 Å². The second-order valence-electron chi connectivity index (χ2n) is 7.60. The maximum absolute atomic E-state index is 14.9. The summed E-state index contributed by atoms with van der Waals surface area (Å²) in [6, 6.07) is 6.68. The number of amides is 1. The Morgan fingerprint density at radius 3 is 2.62 bits per heavy atom. The molecule has 2 aromatic heterocycles. The van der Waals surface area contributed by atoms with Crippen LogP contribution in [0.25, 0.3) is 16.8 Å². The van der Waals surface area contributed by atoms with Crippen LogP contribution in [0.5, 0.6) is 0 Å². The summed E-state index contributed by atoms with van der Waals surface area (Å²) in [7, 11) is 1.54. The van der Waals surface area contributed by atoms with Crippen LogP contribution in [-0.4, -0.2) is 46.5 Å². The van der Waals surface area contributed by atoms with E-state index in [1.54, 1.807) is 7.11 Å². The first-order valence-corrected chi connectivity index (χ1v) is 9.83. The molecule has 3 heterocycles. The topological polar surface area (TPSA) is 63.9 Å². The Hall–Kier alpha value is -3.27. The van der Waals surface area contributed by atoms with E-state index in [1.807, 2.05) is 0 Å². The number of likely N-dealkylation sites (tertiary alicyclic amines) is 1. The Morgan fingerprint density at radius 1 is 1.25 bits per heavy atom. The molecule has 0 spiro atoms. The summed E-state index contributed by atoms with van der Waals surface area (Å²) in [6.45, 7) is 1.85. The van der Waals surface area contributed by atoms with Crippen LogP contribution in [0.4, 0.5) is 17.6 Å². The van der Waals surface area contributed by atoms with E-state index >= 15 is 0 Å². The minimum Gasteiger partial charge on any atom is -0.380 e. The van der Waals surface area contributed by atoms with Gasteiger partial charge in [-0.1, -0.05) is 6.07 Å². The van der Waals surface area contributed by atoms with Crippen LogP contribution in [0, 0.1) is 12.7 Å². The molecule has 0 radical (unpaired) electrons. The van der Waals surface area contributed by atoms with Gasteiger partial charge >= 0.3 is 6.18 Å². The van der Waals surface area contributed by atoms with Gasteiger partial charge in [-0.15, -0.1) is 0 Å². The lowest BCUT2D eigenvalue weighted by Gasteiger charge is -2.17. The molecule has 1 aliphatic heterocycles. The van der Waals surface area contributed by atoms with Crippen molar-refractivity contribution in [1.29, 1.82) is 0 Å². The number of alkyl halides is 3. The second-order valence-corrected chi connectivity index (χ2v) is 7.60.